The lowest BCUT2D eigenvalue weighted by Gasteiger charge is -2.27. The number of nitrogens with one attached hydrogen (secondary N) is 1. The van der Waals surface area contributed by atoms with Gasteiger partial charge in [0.1, 0.15) is 0 Å². The van der Waals surface area contributed by atoms with Crippen LogP contribution in [-0.4, -0.2) is 56.2 Å². The van der Waals surface area contributed by atoms with E-state index < -0.39 is 0 Å². The van der Waals surface area contributed by atoms with Crippen LogP contribution in [0.5, 0.6) is 0 Å². The molecule has 0 unspecified atom stereocenters. The van der Waals surface area contributed by atoms with Crippen molar-refractivity contribution in [2.45, 2.75) is 32.7 Å². The lowest BCUT2D eigenvalue weighted by molar-refractivity contribution is -0.124. The van der Waals surface area contributed by atoms with Crippen LogP contribution in [0.4, 0.5) is 0 Å². The lowest BCUT2D eigenvalue weighted by atomic mass is 10.0. The molecule has 0 heterocycles. The van der Waals surface area contributed by atoms with E-state index in [-0.39, 0.29) is 11.4 Å². The standard InChI is InChI=1S/C12H27N3O2/c1-5-12(2,3)14-11(16)10-15(7-6-13)8-9-17-4/h5-10,13H2,1-4H3,(H,14,16). The van der Waals surface area contributed by atoms with Gasteiger partial charge in [-0.3, -0.25) is 9.69 Å². The molecule has 0 saturated heterocycles. The number of rotatable bonds is 9. The molecule has 0 aliphatic carbocycles. The number of amides is 1. The summed E-state index contributed by atoms with van der Waals surface area (Å²) in [7, 11) is 1.65. The Morgan fingerprint density at radius 1 is 1.41 bits per heavy atom. The van der Waals surface area contributed by atoms with Crippen LogP contribution in [0, 0.1) is 0 Å². The van der Waals surface area contributed by atoms with Gasteiger partial charge in [0.15, 0.2) is 0 Å². The maximum absolute atomic E-state index is 11.8. The first-order valence-corrected chi connectivity index (χ1v) is 6.17. The zero-order valence-corrected chi connectivity index (χ0v) is 11.6. The Balaban J connectivity index is 4.11. The van der Waals surface area contributed by atoms with Crippen LogP contribution < -0.4 is 11.1 Å². The molecule has 0 saturated carbocycles. The predicted molar refractivity (Wildman–Crippen MR) is 69.9 cm³/mol. The predicted octanol–water partition coefficient (Wildman–Crippen LogP) is 0.198. The highest BCUT2D eigenvalue weighted by Gasteiger charge is 2.19. The summed E-state index contributed by atoms with van der Waals surface area (Å²) in [5.41, 5.74) is 5.37. The highest BCUT2D eigenvalue weighted by Crippen LogP contribution is 2.06. The molecule has 0 aromatic heterocycles. The molecule has 0 aromatic carbocycles. The smallest absolute Gasteiger partial charge is 0.234 e. The van der Waals surface area contributed by atoms with Gasteiger partial charge in [-0.2, -0.15) is 0 Å². The molecule has 0 aliphatic heterocycles. The van der Waals surface area contributed by atoms with E-state index in [0.717, 1.165) is 13.0 Å². The van der Waals surface area contributed by atoms with E-state index in [4.69, 9.17) is 10.5 Å². The van der Waals surface area contributed by atoms with Gasteiger partial charge in [0.05, 0.1) is 13.2 Å². The molecule has 0 fully saturated rings. The van der Waals surface area contributed by atoms with Gasteiger partial charge in [0.25, 0.3) is 0 Å². The number of methoxy groups -OCH3 is 1. The van der Waals surface area contributed by atoms with Gasteiger partial charge in [-0.1, -0.05) is 6.92 Å². The number of hydrogen-bond acceptors (Lipinski definition) is 4. The molecule has 3 N–H and O–H groups in total. The highest BCUT2D eigenvalue weighted by molar-refractivity contribution is 5.78. The van der Waals surface area contributed by atoms with Crippen molar-refractivity contribution in [2.24, 2.45) is 5.73 Å². The number of nitrogens with two attached hydrogens (primary N) is 1. The molecule has 0 spiro atoms. The van der Waals surface area contributed by atoms with E-state index in [2.05, 4.69) is 12.2 Å². The SMILES string of the molecule is CCC(C)(C)NC(=O)CN(CCN)CCOC. The van der Waals surface area contributed by atoms with Crippen LogP contribution in [-0.2, 0) is 9.53 Å². The molecular formula is C12H27N3O2. The summed E-state index contributed by atoms with van der Waals surface area (Å²) in [4.78, 5) is 13.8. The van der Waals surface area contributed by atoms with Crippen LogP contribution in [0.25, 0.3) is 0 Å². The maximum Gasteiger partial charge on any atom is 0.234 e. The van der Waals surface area contributed by atoms with Gasteiger partial charge in [0, 0.05) is 32.3 Å². The molecule has 17 heavy (non-hydrogen) atoms. The fourth-order valence-corrected chi connectivity index (χ4v) is 1.38. The van der Waals surface area contributed by atoms with Gasteiger partial charge in [-0.15, -0.1) is 0 Å². The first-order valence-electron chi connectivity index (χ1n) is 6.17. The number of ether oxygens (including phenoxy) is 1. The van der Waals surface area contributed by atoms with Gasteiger partial charge in [-0.05, 0) is 20.3 Å². The van der Waals surface area contributed by atoms with Gasteiger partial charge >= 0.3 is 0 Å². The van der Waals surface area contributed by atoms with E-state index >= 15 is 0 Å². The fourth-order valence-electron chi connectivity index (χ4n) is 1.38. The molecular weight excluding hydrogens is 218 g/mol. The molecule has 0 rings (SSSR count). The van der Waals surface area contributed by atoms with Crippen molar-refractivity contribution >= 4 is 5.91 Å². The molecule has 0 atom stereocenters. The zero-order chi connectivity index (χ0) is 13.3. The minimum atomic E-state index is -0.146. The Kier molecular flexibility index (Phi) is 8.12. The van der Waals surface area contributed by atoms with Gasteiger partial charge in [0.2, 0.25) is 5.91 Å². The summed E-state index contributed by atoms with van der Waals surface area (Å²) in [6.45, 7) is 9.09. The van der Waals surface area contributed by atoms with Crippen molar-refractivity contribution < 1.29 is 9.53 Å². The summed E-state index contributed by atoms with van der Waals surface area (Å²) < 4.78 is 5.01. The average molecular weight is 245 g/mol. The Bertz CT molecular complexity index is 220. The van der Waals surface area contributed by atoms with Gasteiger partial charge in [-0.25, -0.2) is 0 Å². The van der Waals surface area contributed by atoms with Crippen LogP contribution in [0.15, 0.2) is 0 Å². The van der Waals surface area contributed by atoms with E-state index in [0.29, 0.717) is 26.2 Å². The van der Waals surface area contributed by atoms with E-state index in [9.17, 15) is 4.79 Å². The van der Waals surface area contributed by atoms with E-state index in [1.807, 2.05) is 18.7 Å². The summed E-state index contributed by atoms with van der Waals surface area (Å²) in [5.74, 6) is 0.0430. The van der Waals surface area contributed by atoms with Crippen molar-refractivity contribution in [1.29, 1.82) is 0 Å². The number of carbonyl (C=O) groups excluding carboxylic acids is 1. The van der Waals surface area contributed by atoms with Crippen LogP contribution in [0.2, 0.25) is 0 Å². The van der Waals surface area contributed by atoms with Crippen molar-refractivity contribution in [1.82, 2.24) is 10.2 Å². The van der Waals surface area contributed by atoms with Crippen LogP contribution >= 0.6 is 0 Å². The molecule has 5 nitrogen and oxygen atoms in total. The Labute approximate surface area is 105 Å². The second-order valence-electron chi connectivity index (χ2n) is 4.84. The third-order valence-corrected chi connectivity index (χ3v) is 2.79. The third kappa shape index (κ3) is 8.12. The van der Waals surface area contributed by atoms with Crippen molar-refractivity contribution in [3.63, 3.8) is 0 Å². The van der Waals surface area contributed by atoms with Crippen molar-refractivity contribution in [3.05, 3.63) is 0 Å². The molecule has 5 heteroatoms. The first kappa shape index (κ1) is 16.4. The van der Waals surface area contributed by atoms with E-state index in [1.165, 1.54) is 0 Å². The number of nitrogens with zero attached hydrogens (tertiary/aromatic N) is 1. The van der Waals surface area contributed by atoms with Gasteiger partial charge < -0.3 is 15.8 Å². The number of carbonyl (C=O) groups is 1. The third-order valence-electron chi connectivity index (χ3n) is 2.79. The molecule has 0 bridgehead atoms. The maximum atomic E-state index is 11.8. The minimum absolute atomic E-state index is 0.0430. The second kappa shape index (κ2) is 8.44. The Hall–Kier alpha value is -0.650. The summed E-state index contributed by atoms with van der Waals surface area (Å²) in [6, 6.07) is 0. The molecule has 102 valence electrons. The fraction of sp³-hybridized carbons (Fsp3) is 0.917. The first-order chi connectivity index (χ1) is 7.95. The minimum Gasteiger partial charge on any atom is -0.383 e. The van der Waals surface area contributed by atoms with Crippen molar-refractivity contribution in [2.75, 3.05) is 39.9 Å². The average Bonchev–Trinajstić information content (AvgIpc) is 2.25. The summed E-state index contributed by atoms with van der Waals surface area (Å²) in [6.07, 6.45) is 0.910. The topological polar surface area (TPSA) is 67.6 Å². The van der Waals surface area contributed by atoms with Crippen LogP contribution in [0.1, 0.15) is 27.2 Å². The lowest BCUT2D eigenvalue weighted by Crippen LogP contribution is -2.48. The number of hydrogen-bond donors (Lipinski definition) is 2. The zero-order valence-electron chi connectivity index (χ0n) is 11.6. The summed E-state index contributed by atoms with van der Waals surface area (Å²) >= 11 is 0. The largest absolute Gasteiger partial charge is 0.383 e. The Morgan fingerprint density at radius 3 is 2.53 bits per heavy atom. The Morgan fingerprint density at radius 2 is 2.06 bits per heavy atom. The quantitative estimate of drug-likeness (QED) is 0.609. The van der Waals surface area contributed by atoms with E-state index in [1.54, 1.807) is 7.11 Å². The molecule has 0 aromatic rings. The highest BCUT2D eigenvalue weighted by atomic mass is 16.5. The summed E-state index contributed by atoms with van der Waals surface area (Å²) in [5, 5.41) is 3.01. The molecule has 0 radical (unpaired) electrons. The molecule has 0 aliphatic rings. The van der Waals surface area contributed by atoms with Crippen molar-refractivity contribution in [3.8, 4) is 0 Å². The monoisotopic (exact) mass is 245 g/mol. The molecule has 1 amide bonds. The van der Waals surface area contributed by atoms with Crippen LogP contribution in [0.3, 0.4) is 0 Å². The second-order valence-corrected chi connectivity index (χ2v) is 4.84. The normalized spacial score (nSPS) is 11.9.